The highest BCUT2D eigenvalue weighted by molar-refractivity contribution is 7.92. The summed E-state index contributed by atoms with van der Waals surface area (Å²) in [5.41, 5.74) is 5.18. The molecule has 7 heteroatoms. The standard InChI is InChI=1S/C24H26N2O4S/c1-16-12-17(2)14-20(13-16)26-31(28,29)22-10-8-21(9-11-22)30-15-23(27)25-24-18(3)6-5-7-19(24)4/h5-14,26H,15H2,1-4H3,(H,25,27). The van der Waals surface area contributed by atoms with Crippen LogP contribution in [0.15, 0.2) is 65.6 Å². The van der Waals surface area contributed by atoms with Crippen LogP contribution in [0, 0.1) is 27.7 Å². The van der Waals surface area contributed by atoms with Gasteiger partial charge in [0.2, 0.25) is 0 Å². The van der Waals surface area contributed by atoms with E-state index in [2.05, 4.69) is 10.0 Å². The van der Waals surface area contributed by atoms with Gasteiger partial charge in [0.15, 0.2) is 6.61 Å². The molecular formula is C24H26N2O4S. The van der Waals surface area contributed by atoms with E-state index in [-0.39, 0.29) is 17.4 Å². The average molecular weight is 439 g/mol. The molecule has 1 amide bonds. The number of aryl methyl sites for hydroxylation is 4. The minimum atomic E-state index is -3.73. The highest BCUT2D eigenvalue weighted by atomic mass is 32.2. The first-order chi connectivity index (χ1) is 14.6. The molecular weight excluding hydrogens is 412 g/mol. The van der Waals surface area contributed by atoms with E-state index in [1.54, 1.807) is 12.1 Å². The van der Waals surface area contributed by atoms with Crippen LogP contribution >= 0.6 is 0 Å². The van der Waals surface area contributed by atoms with Gasteiger partial charge in [0, 0.05) is 11.4 Å². The molecule has 0 aliphatic carbocycles. The lowest BCUT2D eigenvalue weighted by atomic mass is 10.1. The van der Waals surface area contributed by atoms with E-state index in [1.807, 2.05) is 52.0 Å². The number of hydrogen-bond donors (Lipinski definition) is 2. The molecule has 0 radical (unpaired) electrons. The summed E-state index contributed by atoms with van der Waals surface area (Å²) in [6, 6.07) is 17.3. The number of nitrogens with one attached hydrogen (secondary N) is 2. The second-order valence-electron chi connectivity index (χ2n) is 7.56. The molecule has 31 heavy (non-hydrogen) atoms. The first-order valence-corrected chi connectivity index (χ1v) is 11.3. The van der Waals surface area contributed by atoms with E-state index in [0.717, 1.165) is 27.9 Å². The number of amides is 1. The quantitative estimate of drug-likeness (QED) is 0.558. The molecule has 0 unspecified atom stereocenters. The van der Waals surface area contributed by atoms with Gasteiger partial charge in [-0.25, -0.2) is 8.42 Å². The smallest absolute Gasteiger partial charge is 0.262 e. The van der Waals surface area contributed by atoms with Crippen LogP contribution in [0.4, 0.5) is 11.4 Å². The Hall–Kier alpha value is -3.32. The maximum absolute atomic E-state index is 12.7. The molecule has 0 heterocycles. The van der Waals surface area contributed by atoms with Gasteiger partial charge in [-0.05, 0) is 86.3 Å². The molecule has 0 atom stereocenters. The van der Waals surface area contributed by atoms with Gasteiger partial charge < -0.3 is 10.1 Å². The van der Waals surface area contributed by atoms with Crippen molar-refractivity contribution in [2.45, 2.75) is 32.6 Å². The number of rotatable bonds is 7. The first-order valence-electron chi connectivity index (χ1n) is 9.84. The monoisotopic (exact) mass is 438 g/mol. The fraction of sp³-hybridized carbons (Fsp3) is 0.208. The van der Waals surface area contributed by atoms with Crippen LogP contribution < -0.4 is 14.8 Å². The zero-order valence-corrected chi connectivity index (χ0v) is 18.8. The van der Waals surface area contributed by atoms with Crippen molar-refractivity contribution in [3.05, 3.63) is 82.9 Å². The lowest BCUT2D eigenvalue weighted by Gasteiger charge is -2.13. The summed E-state index contributed by atoms with van der Waals surface area (Å²) in [7, 11) is -3.73. The fourth-order valence-electron chi connectivity index (χ4n) is 3.30. The van der Waals surface area contributed by atoms with Gasteiger partial charge in [0.1, 0.15) is 5.75 Å². The van der Waals surface area contributed by atoms with E-state index in [1.165, 1.54) is 24.3 Å². The van der Waals surface area contributed by atoms with Gasteiger partial charge in [-0.3, -0.25) is 9.52 Å². The molecule has 0 aliphatic heterocycles. The number of para-hydroxylation sites is 1. The van der Waals surface area contributed by atoms with E-state index in [4.69, 9.17) is 4.74 Å². The Labute approximate surface area is 183 Å². The molecule has 162 valence electrons. The SMILES string of the molecule is Cc1cc(C)cc(NS(=O)(=O)c2ccc(OCC(=O)Nc3c(C)cccc3C)cc2)c1. The van der Waals surface area contributed by atoms with Crippen molar-refractivity contribution < 1.29 is 17.9 Å². The van der Waals surface area contributed by atoms with Crippen molar-refractivity contribution in [3.63, 3.8) is 0 Å². The molecule has 0 aliphatic rings. The van der Waals surface area contributed by atoms with Crippen molar-refractivity contribution in [3.8, 4) is 5.75 Å². The predicted molar refractivity (Wildman–Crippen MR) is 123 cm³/mol. The van der Waals surface area contributed by atoms with Crippen LogP contribution in [0.1, 0.15) is 22.3 Å². The Morgan fingerprint density at radius 1 is 0.871 bits per heavy atom. The minimum absolute atomic E-state index is 0.110. The van der Waals surface area contributed by atoms with Crippen LogP contribution in [0.3, 0.4) is 0 Å². The lowest BCUT2D eigenvalue weighted by Crippen LogP contribution is -2.21. The second kappa shape index (κ2) is 9.22. The number of anilines is 2. The predicted octanol–water partition coefficient (Wildman–Crippen LogP) is 4.74. The molecule has 3 rings (SSSR count). The summed E-state index contributed by atoms with van der Waals surface area (Å²) in [6.07, 6.45) is 0. The van der Waals surface area contributed by atoms with Crippen molar-refractivity contribution in [1.29, 1.82) is 0 Å². The van der Waals surface area contributed by atoms with Crippen molar-refractivity contribution in [2.75, 3.05) is 16.6 Å². The van der Waals surface area contributed by atoms with Gasteiger partial charge in [-0.1, -0.05) is 24.3 Å². The Balaban J connectivity index is 1.62. The molecule has 6 nitrogen and oxygen atoms in total. The first kappa shape index (κ1) is 22.4. The van der Waals surface area contributed by atoms with Crippen LogP contribution in [0.2, 0.25) is 0 Å². The third-order valence-electron chi connectivity index (χ3n) is 4.72. The maximum Gasteiger partial charge on any atom is 0.262 e. The normalized spacial score (nSPS) is 11.1. The Bertz CT molecular complexity index is 1160. The summed E-state index contributed by atoms with van der Waals surface area (Å²) in [4.78, 5) is 12.3. The Morgan fingerprint density at radius 3 is 2.03 bits per heavy atom. The van der Waals surface area contributed by atoms with Crippen LogP contribution in [-0.4, -0.2) is 20.9 Å². The number of carbonyl (C=O) groups is 1. The van der Waals surface area contributed by atoms with Crippen molar-refractivity contribution in [2.24, 2.45) is 0 Å². The number of ether oxygens (including phenoxy) is 1. The van der Waals surface area contributed by atoms with E-state index >= 15 is 0 Å². The van der Waals surface area contributed by atoms with E-state index < -0.39 is 10.0 Å². The number of hydrogen-bond acceptors (Lipinski definition) is 4. The third kappa shape index (κ3) is 5.86. The van der Waals surface area contributed by atoms with Crippen molar-refractivity contribution >= 4 is 27.3 Å². The molecule has 0 spiro atoms. The number of carbonyl (C=O) groups excluding carboxylic acids is 1. The topological polar surface area (TPSA) is 84.5 Å². The van der Waals surface area contributed by atoms with Gasteiger partial charge in [-0.2, -0.15) is 0 Å². The van der Waals surface area contributed by atoms with Crippen LogP contribution in [0.25, 0.3) is 0 Å². The van der Waals surface area contributed by atoms with Gasteiger partial charge in [-0.15, -0.1) is 0 Å². The summed E-state index contributed by atoms with van der Waals surface area (Å²) >= 11 is 0. The van der Waals surface area contributed by atoms with Gasteiger partial charge >= 0.3 is 0 Å². The molecule has 0 saturated carbocycles. The van der Waals surface area contributed by atoms with Crippen LogP contribution in [0.5, 0.6) is 5.75 Å². The highest BCUT2D eigenvalue weighted by Crippen LogP contribution is 2.22. The summed E-state index contributed by atoms with van der Waals surface area (Å²) in [6.45, 7) is 7.49. The molecule has 0 aromatic heterocycles. The van der Waals surface area contributed by atoms with Gasteiger partial charge in [0.05, 0.1) is 4.90 Å². The minimum Gasteiger partial charge on any atom is -0.484 e. The second-order valence-corrected chi connectivity index (χ2v) is 9.24. The van der Waals surface area contributed by atoms with E-state index in [0.29, 0.717) is 11.4 Å². The molecule has 2 N–H and O–H groups in total. The zero-order valence-electron chi connectivity index (χ0n) is 18.0. The number of benzene rings is 3. The summed E-state index contributed by atoms with van der Waals surface area (Å²) in [5.74, 6) is 0.118. The summed E-state index contributed by atoms with van der Waals surface area (Å²) < 4.78 is 33.4. The highest BCUT2D eigenvalue weighted by Gasteiger charge is 2.15. The average Bonchev–Trinajstić information content (AvgIpc) is 2.68. The van der Waals surface area contributed by atoms with E-state index in [9.17, 15) is 13.2 Å². The Kier molecular flexibility index (Phi) is 6.65. The zero-order chi connectivity index (χ0) is 22.6. The molecule has 0 bridgehead atoms. The molecule has 0 fully saturated rings. The molecule has 3 aromatic rings. The van der Waals surface area contributed by atoms with Crippen LogP contribution in [-0.2, 0) is 14.8 Å². The largest absolute Gasteiger partial charge is 0.484 e. The lowest BCUT2D eigenvalue weighted by molar-refractivity contribution is -0.118. The maximum atomic E-state index is 12.7. The number of sulfonamides is 1. The molecule has 3 aromatic carbocycles. The fourth-order valence-corrected chi connectivity index (χ4v) is 4.34. The summed E-state index contributed by atoms with van der Waals surface area (Å²) in [5, 5.41) is 2.85. The molecule has 0 saturated heterocycles. The van der Waals surface area contributed by atoms with Gasteiger partial charge in [0.25, 0.3) is 15.9 Å². The Morgan fingerprint density at radius 2 is 1.45 bits per heavy atom. The third-order valence-corrected chi connectivity index (χ3v) is 6.12. The van der Waals surface area contributed by atoms with Crippen molar-refractivity contribution in [1.82, 2.24) is 0 Å².